The molecule has 1 aliphatic heterocycles. The van der Waals surface area contributed by atoms with Crippen molar-refractivity contribution in [3.05, 3.63) is 53.1 Å². The van der Waals surface area contributed by atoms with Crippen LogP contribution in [0.4, 0.5) is 19.3 Å². The predicted molar refractivity (Wildman–Crippen MR) is 110 cm³/mol. The van der Waals surface area contributed by atoms with Gasteiger partial charge in [-0.1, -0.05) is 0 Å². The molecule has 0 bridgehead atoms. The number of nitrogens with zero attached hydrogens (tertiary/aromatic N) is 1. The second kappa shape index (κ2) is 9.63. The van der Waals surface area contributed by atoms with Crippen molar-refractivity contribution in [1.82, 2.24) is 4.90 Å². The van der Waals surface area contributed by atoms with E-state index in [2.05, 4.69) is 5.32 Å². The van der Waals surface area contributed by atoms with Gasteiger partial charge in [0.2, 0.25) is 0 Å². The Kier molecular flexibility index (Phi) is 6.94. The number of benzene rings is 2. The number of halogens is 2. The maximum Gasteiger partial charge on any atom is 0.322 e. The number of hydrogen-bond acceptors (Lipinski definition) is 4. The topological polar surface area (TPSA) is 88.1 Å². The van der Waals surface area contributed by atoms with Crippen LogP contribution in [-0.2, 0) is 11.2 Å². The number of carboxylic acid groups (broad SMARTS) is 1. The molecule has 166 valence electrons. The van der Waals surface area contributed by atoms with Crippen LogP contribution < -0.4 is 14.8 Å². The zero-order chi connectivity index (χ0) is 22.5. The van der Waals surface area contributed by atoms with Gasteiger partial charge in [-0.25, -0.2) is 13.6 Å². The molecule has 1 aliphatic rings. The average molecular weight is 434 g/mol. The summed E-state index contributed by atoms with van der Waals surface area (Å²) >= 11 is 0. The highest BCUT2D eigenvalue weighted by atomic mass is 19.1. The summed E-state index contributed by atoms with van der Waals surface area (Å²) in [7, 11) is 0. The molecule has 0 unspecified atom stereocenters. The molecule has 2 aromatic rings. The number of amides is 2. The number of ether oxygens (including phenoxy) is 2. The monoisotopic (exact) mass is 434 g/mol. The number of urea groups is 1. The molecule has 9 heteroatoms. The lowest BCUT2D eigenvalue weighted by molar-refractivity contribution is -0.138. The van der Waals surface area contributed by atoms with Gasteiger partial charge in [0, 0.05) is 12.6 Å². The van der Waals surface area contributed by atoms with Crippen LogP contribution >= 0.6 is 0 Å². The minimum absolute atomic E-state index is 0.187. The highest BCUT2D eigenvalue weighted by Crippen LogP contribution is 2.40. The van der Waals surface area contributed by atoms with E-state index >= 15 is 0 Å². The van der Waals surface area contributed by atoms with E-state index in [1.54, 1.807) is 6.07 Å². The fourth-order valence-corrected chi connectivity index (χ4v) is 3.65. The first-order valence-electron chi connectivity index (χ1n) is 10.0. The van der Waals surface area contributed by atoms with Gasteiger partial charge in [0.25, 0.3) is 0 Å². The molecule has 1 atom stereocenters. The molecule has 2 N–H and O–H groups in total. The lowest BCUT2D eigenvalue weighted by Gasteiger charge is -2.37. The summed E-state index contributed by atoms with van der Waals surface area (Å²) in [5.41, 5.74) is 1.30. The Morgan fingerprint density at radius 2 is 1.81 bits per heavy atom. The number of anilines is 1. The van der Waals surface area contributed by atoms with Crippen LogP contribution in [0.3, 0.4) is 0 Å². The molecule has 0 saturated heterocycles. The molecule has 0 aromatic heterocycles. The first-order chi connectivity index (χ1) is 14.8. The first kappa shape index (κ1) is 22.3. The lowest BCUT2D eigenvalue weighted by Crippen LogP contribution is -2.43. The minimum atomic E-state index is -1.09. The number of aliphatic carboxylic acids is 1. The average Bonchev–Trinajstić information content (AvgIpc) is 2.71. The molecule has 31 heavy (non-hydrogen) atoms. The minimum Gasteiger partial charge on any atom is -0.490 e. The van der Waals surface area contributed by atoms with E-state index in [1.165, 1.54) is 4.90 Å². The van der Waals surface area contributed by atoms with Gasteiger partial charge >= 0.3 is 12.0 Å². The summed E-state index contributed by atoms with van der Waals surface area (Å²) in [6.45, 7) is 4.72. The number of carbonyl (C=O) groups excluding carboxylic acids is 1. The first-order valence-corrected chi connectivity index (χ1v) is 10.0. The van der Waals surface area contributed by atoms with Gasteiger partial charge in [0.05, 0.1) is 31.4 Å². The van der Waals surface area contributed by atoms with Gasteiger partial charge in [0.15, 0.2) is 11.5 Å². The maximum atomic E-state index is 14.0. The fourth-order valence-electron chi connectivity index (χ4n) is 3.65. The van der Waals surface area contributed by atoms with Crippen molar-refractivity contribution >= 4 is 17.7 Å². The molecular weight excluding hydrogens is 410 g/mol. The van der Waals surface area contributed by atoms with Crippen molar-refractivity contribution in [2.45, 2.75) is 32.7 Å². The van der Waals surface area contributed by atoms with Crippen molar-refractivity contribution < 1.29 is 33.0 Å². The summed E-state index contributed by atoms with van der Waals surface area (Å²) < 4.78 is 38.4. The Bertz CT molecular complexity index is 983. The van der Waals surface area contributed by atoms with Crippen LogP contribution in [0.25, 0.3) is 0 Å². The molecule has 0 saturated carbocycles. The van der Waals surface area contributed by atoms with Crippen molar-refractivity contribution in [3.8, 4) is 11.5 Å². The Labute approximate surface area is 178 Å². The smallest absolute Gasteiger partial charge is 0.322 e. The predicted octanol–water partition coefficient (Wildman–Crippen LogP) is 4.37. The zero-order valence-electron chi connectivity index (χ0n) is 17.3. The lowest BCUT2D eigenvalue weighted by atomic mass is 9.90. The Morgan fingerprint density at radius 1 is 1.13 bits per heavy atom. The molecule has 0 spiro atoms. The third-order valence-corrected chi connectivity index (χ3v) is 4.96. The van der Waals surface area contributed by atoms with E-state index in [1.807, 2.05) is 19.9 Å². The number of carboxylic acids is 1. The van der Waals surface area contributed by atoms with Crippen LogP contribution in [0.2, 0.25) is 0 Å². The number of hydrogen-bond donors (Lipinski definition) is 2. The Morgan fingerprint density at radius 3 is 2.42 bits per heavy atom. The summed E-state index contributed by atoms with van der Waals surface area (Å²) in [4.78, 5) is 25.8. The number of carbonyl (C=O) groups is 2. The van der Waals surface area contributed by atoms with Crippen molar-refractivity contribution in [2.24, 2.45) is 0 Å². The Balaban J connectivity index is 1.95. The van der Waals surface area contributed by atoms with Gasteiger partial charge in [0.1, 0.15) is 11.6 Å². The van der Waals surface area contributed by atoms with E-state index in [-0.39, 0.29) is 18.7 Å². The van der Waals surface area contributed by atoms with E-state index < -0.39 is 29.7 Å². The SMILES string of the molecule is CCOc1cc2c(cc1OCC)[C@H](CC(=O)O)N(C(=O)Nc1ccc(F)cc1F)CC2. The summed E-state index contributed by atoms with van der Waals surface area (Å²) in [5, 5.41) is 11.9. The van der Waals surface area contributed by atoms with E-state index in [4.69, 9.17) is 9.47 Å². The molecule has 0 fully saturated rings. The van der Waals surface area contributed by atoms with E-state index in [9.17, 15) is 23.5 Å². The fraction of sp³-hybridized carbons (Fsp3) is 0.364. The van der Waals surface area contributed by atoms with Gasteiger partial charge in [-0.2, -0.15) is 0 Å². The zero-order valence-corrected chi connectivity index (χ0v) is 17.3. The summed E-state index contributed by atoms with van der Waals surface area (Å²) in [6, 6.07) is 4.87. The third-order valence-electron chi connectivity index (χ3n) is 4.96. The van der Waals surface area contributed by atoms with Crippen LogP contribution in [0.15, 0.2) is 30.3 Å². The molecular formula is C22H24F2N2O5. The number of nitrogens with one attached hydrogen (secondary N) is 1. The largest absolute Gasteiger partial charge is 0.490 e. The molecule has 0 aliphatic carbocycles. The maximum absolute atomic E-state index is 14.0. The van der Waals surface area contributed by atoms with Gasteiger partial charge in [-0.3, -0.25) is 4.79 Å². The van der Waals surface area contributed by atoms with Gasteiger partial charge < -0.3 is 24.8 Å². The van der Waals surface area contributed by atoms with Crippen molar-refractivity contribution in [3.63, 3.8) is 0 Å². The van der Waals surface area contributed by atoms with Crippen LogP contribution in [-0.4, -0.2) is 41.8 Å². The normalized spacial score (nSPS) is 15.2. The van der Waals surface area contributed by atoms with Crippen LogP contribution in [0, 0.1) is 11.6 Å². The summed E-state index contributed by atoms with van der Waals surface area (Å²) in [6.07, 6.45) is 0.114. The van der Waals surface area contributed by atoms with Crippen LogP contribution in [0.1, 0.15) is 37.4 Å². The molecule has 1 heterocycles. The van der Waals surface area contributed by atoms with Crippen molar-refractivity contribution in [1.29, 1.82) is 0 Å². The van der Waals surface area contributed by atoms with Crippen molar-refractivity contribution in [2.75, 3.05) is 25.1 Å². The standard InChI is InChI=1S/C22H24F2N2O5/c1-3-30-19-9-13-7-8-26(22(29)25-17-6-5-14(23)10-16(17)24)18(12-21(27)28)15(13)11-20(19)31-4-2/h5-6,9-11,18H,3-4,7-8,12H2,1-2H3,(H,25,29)(H,27,28)/t18-/m0/s1. The molecule has 0 radical (unpaired) electrons. The Hall–Kier alpha value is -3.36. The van der Waals surface area contributed by atoms with Gasteiger partial charge in [-0.05, 0) is 55.7 Å². The molecule has 2 aromatic carbocycles. The molecule has 7 nitrogen and oxygen atoms in total. The quantitative estimate of drug-likeness (QED) is 0.676. The van der Waals surface area contributed by atoms with Crippen LogP contribution in [0.5, 0.6) is 11.5 Å². The molecule has 3 rings (SSSR count). The second-order valence-electron chi connectivity index (χ2n) is 6.98. The number of fused-ring (bicyclic) bond motifs is 1. The highest BCUT2D eigenvalue weighted by Gasteiger charge is 2.34. The summed E-state index contributed by atoms with van der Waals surface area (Å²) in [5.74, 6) is -1.75. The number of rotatable bonds is 7. The van der Waals surface area contributed by atoms with E-state index in [0.717, 1.165) is 17.7 Å². The second-order valence-corrected chi connectivity index (χ2v) is 6.98. The van der Waals surface area contributed by atoms with E-state index in [0.29, 0.717) is 42.8 Å². The third kappa shape index (κ3) is 5.04. The highest BCUT2D eigenvalue weighted by molar-refractivity contribution is 5.90. The van der Waals surface area contributed by atoms with Gasteiger partial charge in [-0.15, -0.1) is 0 Å². The molecule has 2 amide bonds.